The fourth-order valence-corrected chi connectivity index (χ4v) is 3.04. The normalized spacial score (nSPS) is 13.9. The van der Waals surface area contributed by atoms with Gasteiger partial charge in [0.25, 0.3) is 5.91 Å². The van der Waals surface area contributed by atoms with Gasteiger partial charge < -0.3 is 15.0 Å². The molecule has 1 aliphatic heterocycles. The number of halogens is 3. The molecule has 2 aromatic carbocycles. The van der Waals surface area contributed by atoms with Crippen molar-refractivity contribution in [3.8, 4) is 11.8 Å². The predicted molar refractivity (Wildman–Crippen MR) is 98.2 cm³/mol. The highest BCUT2D eigenvalue weighted by Crippen LogP contribution is 2.36. The molecule has 0 aliphatic carbocycles. The molecule has 0 atom stereocenters. The quantitative estimate of drug-likeness (QED) is 0.833. The molecule has 0 bridgehead atoms. The maximum atomic E-state index is 13.1. The molecule has 0 spiro atoms. The highest BCUT2D eigenvalue weighted by atomic mass is 19.4. The number of hydrogen-bond donors (Lipinski definition) is 1. The Labute approximate surface area is 160 Å². The van der Waals surface area contributed by atoms with E-state index in [0.717, 1.165) is 38.1 Å². The van der Waals surface area contributed by atoms with Crippen molar-refractivity contribution in [2.75, 3.05) is 29.9 Å². The highest BCUT2D eigenvalue weighted by Gasteiger charge is 2.32. The van der Waals surface area contributed by atoms with E-state index in [2.05, 4.69) is 5.32 Å². The third-order valence-corrected chi connectivity index (χ3v) is 4.38. The summed E-state index contributed by atoms with van der Waals surface area (Å²) in [4.78, 5) is 14.2. The zero-order valence-corrected chi connectivity index (χ0v) is 14.9. The zero-order chi connectivity index (χ0) is 20.1. The van der Waals surface area contributed by atoms with Crippen molar-refractivity contribution in [2.45, 2.75) is 19.0 Å². The van der Waals surface area contributed by atoms with Crippen LogP contribution in [0.3, 0.4) is 0 Å². The summed E-state index contributed by atoms with van der Waals surface area (Å²) in [6, 6.07) is 11.6. The molecule has 2 aromatic rings. The SMILES string of the molecule is N#Cc1cccc(OCC(=O)Nc2cc(C(F)(F)F)ccc2N2CCCC2)c1. The molecule has 146 valence electrons. The fourth-order valence-electron chi connectivity index (χ4n) is 3.04. The number of rotatable bonds is 5. The zero-order valence-electron chi connectivity index (χ0n) is 14.9. The van der Waals surface area contributed by atoms with Crippen LogP contribution in [0.1, 0.15) is 24.0 Å². The summed E-state index contributed by atoms with van der Waals surface area (Å²) in [6.45, 7) is 1.07. The molecule has 1 aliphatic rings. The first-order valence-corrected chi connectivity index (χ1v) is 8.76. The van der Waals surface area contributed by atoms with E-state index < -0.39 is 17.6 Å². The predicted octanol–water partition coefficient (Wildman–Crippen LogP) is 4.19. The summed E-state index contributed by atoms with van der Waals surface area (Å²) in [5.74, 6) is -0.250. The molecular weight excluding hydrogens is 371 g/mol. The Hall–Kier alpha value is -3.21. The van der Waals surface area contributed by atoms with Gasteiger partial charge in [0, 0.05) is 13.1 Å². The molecule has 0 aromatic heterocycles. The van der Waals surface area contributed by atoms with Crippen molar-refractivity contribution in [2.24, 2.45) is 0 Å². The van der Waals surface area contributed by atoms with E-state index in [1.165, 1.54) is 12.1 Å². The van der Waals surface area contributed by atoms with Gasteiger partial charge in [-0.3, -0.25) is 4.79 Å². The van der Waals surface area contributed by atoms with E-state index in [0.29, 0.717) is 17.0 Å². The minimum absolute atomic E-state index is 0.108. The van der Waals surface area contributed by atoms with Crippen molar-refractivity contribution in [1.82, 2.24) is 0 Å². The van der Waals surface area contributed by atoms with Crippen LogP contribution in [0.25, 0.3) is 0 Å². The maximum absolute atomic E-state index is 13.1. The third kappa shape index (κ3) is 4.74. The number of nitrogens with one attached hydrogen (secondary N) is 1. The first kappa shape index (κ1) is 19.5. The third-order valence-electron chi connectivity index (χ3n) is 4.38. The number of anilines is 2. The van der Waals surface area contributed by atoms with Crippen LogP contribution in [0, 0.1) is 11.3 Å². The van der Waals surface area contributed by atoms with Crippen LogP contribution in [0.15, 0.2) is 42.5 Å². The monoisotopic (exact) mass is 389 g/mol. The molecule has 28 heavy (non-hydrogen) atoms. The Morgan fingerprint density at radius 1 is 1.18 bits per heavy atom. The number of benzene rings is 2. The molecular formula is C20H18F3N3O2. The summed E-state index contributed by atoms with van der Waals surface area (Å²) in [6.07, 6.45) is -2.60. The molecule has 1 heterocycles. The van der Waals surface area contributed by atoms with Crippen molar-refractivity contribution < 1.29 is 22.7 Å². The van der Waals surface area contributed by atoms with Crippen LogP contribution >= 0.6 is 0 Å². The van der Waals surface area contributed by atoms with Gasteiger partial charge in [-0.1, -0.05) is 6.07 Å². The first-order valence-electron chi connectivity index (χ1n) is 8.76. The Kier molecular flexibility index (Phi) is 5.73. The van der Waals surface area contributed by atoms with Gasteiger partial charge >= 0.3 is 6.18 Å². The topological polar surface area (TPSA) is 65.4 Å². The lowest BCUT2D eigenvalue weighted by atomic mass is 10.1. The second kappa shape index (κ2) is 8.21. The number of alkyl halides is 3. The van der Waals surface area contributed by atoms with Crippen molar-refractivity contribution in [3.63, 3.8) is 0 Å². The van der Waals surface area contributed by atoms with Crippen LogP contribution in [0.5, 0.6) is 5.75 Å². The Bertz CT molecular complexity index is 900. The largest absolute Gasteiger partial charge is 0.484 e. The number of amides is 1. The second-order valence-electron chi connectivity index (χ2n) is 6.40. The number of ether oxygens (including phenoxy) is 1. The van der Waals surface area contributed by atoms with Crippen LogP contribution in [0.2, 0.25) is 0 Å². The number of nitrogens with zero attached hydrogens (tertiary/aromatic N) is 2. The molecule has 1 amide bonds. The van der Waals surface area contributed by atoms with Crippen molar-refractivity contribution in [1.29, 1.82) is 5.26 Å². The molecule has 1 saturated heterocycles. The average molecular weight is 389 g/mol. The second-order valence-corrected chi connectivity index (χ2v) is 6.40. The molecule has 0 saturated carbocycles. The molecule has 5 nitrogen and oxygen atoms in total. The minimum Gasteiger partial charge on any atom is -0.484 e. The Morgan fingerprint density at radius 2 is 1.93 bits per heavy atom. The Morgan fingerprint density at radius 3 is 2.61 bits per heavy atom. The van der Waals surface area contributed by atoms with Crippen LogP contribution in [0.4, 0.5) is 24.5 Å². The lowest BCUT2D eigenvalue weighted by Crippen LogP contribution is -2.24. The van der Waals surface area contributed by atoms with E-state index in [4.69, 9.17) is 10.00 Å². The Balaban J connectivity index is 1.75. The molecule has 1 N–H and O–H groups in total. The summed E-state index contributed by atoms with van der Waals surface area (Å²) in [5.41, 5.74) is 0.224. The van der Waals surface area contributed by atoms with Gasteiger partial charge in [0.05, 0.1) is 28.6 Å². The lowest BCUT2D eigenvalue weighted by molar-refractivity contribution is -0.137. The van der Waals surface area contributed by atoms with Gasteiger partial charge in [0.2, 0.25) is 0 Å². The number of carbonyl (C=O) groups is 1. The standard InChI is InChI=1S/C20H18F3N3O2/c21-20(22,23)15-6-7-18(26-8-1-2-9-26)17(11-15)25-19(27)13-28-16-5-3-4-14(10-16)12-24/h3-7,10-11H,1-2,8-9,13H2,(H,25,27). The van der Waals surface area contributed by atoms with Gasteiger partial charge in [-0.2, -0.15) is 18.4 Å². The molecule has 8 heteroatoms. The highest BCUT2D eigenvalue weighted by molar-refractivity contribution is 5.95. The van der Waals surface area contributed by atoms with Gasteiger partial charge in [0.15, 0.2) is 6.61 Å². The summed E-state index contributed by atoms with van der Waals surface area (Å²) in [5, 5.41) is 11.4. The number of nitriles is 1. The van der Waals surface area contributed by atoms with Gasteiger partial charge in [0.1, 0.15) is 5.75 Å². The summed E-state index contributed by atoms with van der Waals surface area (Å²) >= 11 is 0. The van der Waals surface area contributed by atoms with Crippen molar-refractivity contribution >= 4 is 17.3 Å². The van der Waals surface area contributed by atoms with E-state index in [9.17, 15) is 18.0 Å². The number of carbonyl (C=O) groups excluding carboxylic acids is 1. The lowest BCUT2D eigenvalue weighted by Gasteiger charge is -2.23. The molecule has 3 rings (SSSR count). The van der Waals surface area contributed by atoms with Gasteiger partial charge in [-0.15, -0.1) is 0 Å². The van der Waals surface area contributed by atoms with E-state index in [1.807, 2.05) is 11.0 Å². The summed E-state index contributed by atoms with van der Waals surface area (Å²) in [7, 11) is 0. The van der Waals surface area contributed by atoms with Crippen LogP contribution < -0.4 is 15.0 Å². The minimum atomic E-state index is -4.50. The average Bonchev–Trinajstić information content (AvgIpc) is 3.20. The van der Waals surface area contributed by atoms with Crippen LogP contribution in [-0.2, 0) is 11.0 Å². The van der Waals surface area contributed by atoms with Crippen molar-refractivity contribution in [3.05, 3.63) is 53.6 Å². The number of hydrogen-bond acceptors (Lipinski definition) is 4. The molecule has 0 radical (unpaired) electrons. The van der Waals surface area contributed by atoms with Gasteiger partial charge in [-0.25, -0.2) is 0 Å². The van der Waals surface area contributed by atoms with E-state index >= 15 is 0 Å². The summed E-state index contributed by atoms with van der Waals surface area (Å²) < 4.78 is 44.6. The van der Waals surface area contributed by atoms with Crippen LogP contribution in [-0.4, -0.2) is 25.6 Å². The fraction of sp³-hybridized carbons (Fsp3) is 0.300. The maximum Gasteiger partial charge on any atom is 0.416 e. The molecule has 0 unspecified atom stereocenters. The van der Waals surface area contributed by atoms with Gasteiger partial charge in [-0.05, 0) is 49.2 Å². The molecule has 1 fully saturated rings. The van der Waals surface area contributed by atoms with E-state index in [-0.39, 0.29) is 12.3 Å². The first-order chi connectivity index (χ1) is 13.4. The van der Waals surface area contributed by atoms with E-state index in [1.54, 1.807) is 18.2 Å². The smallest absolute Gasteiger partial charge is 0.416 e.